The Morgan fingerprint density at radius 3 is 2.57 bits per heavy atom. The molecule has 0 spiro atoms. The summed E-state index contributed by atoms with van der Waals surface area (Å²) in [4.78, 5) is 9.66. The van der Waals surface area contributed by atoms with Crippen LogP contribution in [-0.4, -0.2) is 62.0 Å². The van der Waals surface area contributed by atoms with Gasteiger partial charge in [-0.25, -0.2) is 0 Å². The van der Waals surface area contributed by atoms with E-state index in [0.29, 0.717) is 12.1 Å². The third kappa shape index (κ3) is 4.80. The fourth-order valence-electron chi connectivity index (χ4n) is 4.28. The van der Waals surface area contributed by atoms with E-state index in [1.807, 2.05) is 13.0 Å². The van der Waals surface area contributed by atoms with E-state index in [2.05, 4.69) is 59.3 Å². The second-order valence-corrected chi connectivity index (χ2v) is 8.33. The Kier molecular flexibility index (Phi) is 6.86. The number of piperazine rings is 1. The molecule has 0 aromatic carbocycles. The number of aliphatic hydroxyl groups excluding tert-OH is 1. The molecule has 0 aliphatic carbocycles. The van der Waals surface area contributed by atoms with E-state index < -0.39 is 0 Å². The highest BCUT2D eigenvalue weighted by atomic mass is 16.3. The minimum absolute atomic E-state index is 0.222. The van der Waals surface area contributed by atoms with E-state index in [-0.39, 0.29) is 6.61 Å². The van der Waals surface area contributed by atoms with Crippen LogP contribution < -0.4 is 0 Å². The van der Waals surface area contributed by atoms with Crippen LogP contribution >= 0.6 is 0 Å². The lowest BCUT2D eigenvalue weighted by Crippen LogP contribution is -2.52. The number of hydrogen-bond donors (Lipinski definition) is 1. The van der Waals surface area contributed by atoms with Crippen molar-refractivity contribution in [2.75, 3.05) is 26.2 Å². The summed E-state index contributed by atoms with van der Waals surface area (Å²) in [5.74, 6) is 0. The molecule has 1 aliphatic rings. The van der Waals surface area contributed by atoms with Crippen molar-refractivity contribution < 1.29 is 5.11 Å². The second kappa shape index (κ2) is 9.16. The van der Waals surface area contributed by atoms with Crippen molar-refractivity contribution in [3.8, 4) is 0 Å². The van der Waals surface area contributed by atoms with Crippen molar-refractivity contribution in [2.45, 2.75) is 66.2 Å². The zero-order valence-corrected chi connectivity index (χ0v) is 18.0. The third-order valence-electron chi connectivity index (χ3n) is 5.81. The Balaban J connectivity index is 1.69. The summed E-state index contributed by atoms with van der Waals surface area (Å²) in [5, 5.41) is 14.3. The molecule has 28 heavy (non-hydrogen) atoms. The Morgan fingerprint density at radius 1 is 1.14 bits per heavy atom. The van der Waals surface area contributed by atoms with Crippen molar-refractivity contribution in [2.24, 2.45) is 0 Å². The number of rotatable bonds is 7. The van der Waals surface area contributed by atoms with Crippen molar-refractivity contribution in [3.63, 3.8) is 0 Å². The lowest BCUT2D eigenvalue weighted by Gasteiger charge is -2.41. The van der Waals surface area contributed by atoms with Crippen molar-refractivity contribution in [1.82, 2.24) is 24.6 Å². The van der Waals surface area contributed by atoms with Gasteiger partial charge in [0.25, 0.3) is 0 Å². The summed E-state index contributed by atoms with van der Waals surface area (Å²) >= 11 is 0. The van der Waals surface area contributed by atoms with Crippen LogP contribution in [0.5, 0.6) is 0 Å². The number of aromatic nitrogens is 3. The first-order chi connectivity index (χ1) is 13.4. The Morgan fingerprint density at radius 2 is 1.93 bits per heavy atom. The highest BCUT2D eigenvalue weighted by Crippen LogP contribution is 2.22. The third-order valence-corrected chi connectivity index (χ3v) is 5.81. The van der Waals surface area contributed by atoms with Gasteiger partial charge in [0.2, 0.25) is 0 Å². The topological polar surface area (TPSA) is 57.4 Å². The molecule has 6 nitrogen and oxygen atoms in total. The molecule has 0 bridgehead atoms. The van der Waals surface area contributed by atoms with Crippen molar-refractivity contribution >= 4 is 0 Å². The normalized spacial score (nSPS) is 18.9. The Labute approximate surface area is 169 Å². The Bertz CT molecular complexity index is 785. The quantitative estimate of drug-likeness (QED) is 0.794. The number of nitrogens with zero attached hydrogens (tertiary/aromatic N) is 5. The van der Waals surface area contributed by atoms with Gasteiger partial charge < -0.3 is 5.11 Å². The molecule has 1 unspecified atom stereocenters. The summed E-state index contributed by atoms with van der Waals surface area (Å²) in [6.07, 6.45) is 0.797. The van der Waals surface area contributed by atoms with E-state index in [1.54, 1.807) is 0 Å². The molecule has 2 aromatic rings. The first-order valence-electron chi connectivity index (χ1n) is 10.4. The number of pyridine rings is 1. The molecule has 154 valence electrons. The molecule has 0 amide bonds. The standard InChI is InChI=1S/C22H35N5O/c1-16(2)27-19(5)22(18(4)24-27)15-25-10-11-26(21(14-25)9-12-28)13-20-8-6-7-17(3)23-20/h6-8,16,21,28H,9-15H2,1-5H3. The summed E-state index contributed by atoms with van der Waals surface area (Å²) < 4.78 is 2.13. The van der Waals surface area contributed by atoms with Crippen molar-refractivity contribution in [3.05, 3.63) is 46.5 Å². The summed E-state index contributed by atoms with van der Waals surface area (Å²) in [6, 6.07) is 6.94. The van der Waals surface area contributed by atoms with Crippen LogP contribution in [0.1, 0.15) is 54.6 Å². The first kappa shape index (κ1) is 21.0. The average Bonchev–Trinajstić information content (AvgIpc) is 2.92. The molecule has 1 atom stereocenters. The molecule has 3 rings (SSSR count). The zero-order valence-electron chi connectivity index (χ0n) is 18.0. The SMILES string of the molecule is Cc1cccc(CN2CCN(Cc3c(C)nn(C(C)C)c3C)CC2CCO)n1. The van der Waals surface area contributed by atoms with E-state index in [0.717, 1.165) is 56.2 Å². The Hall–Kier alpha value is -1.76. The minimum atomic E-state index is 0.222. The number of aryl methyl sites for hydroxylation is 2. The van der Waals surface area contributed by atoms with Crippen molar-refractivity contribution in [1.29, 1.82) is 0 Å². The van der Waals surface area contributed by atoms with Gasteiger partial charge in [0, 0.05) is 68.4 Å². The lowest BCUT2D eigenvalue weighted by molar-refractivity contribution is 0.0489. The molecule has 1 fully saturated rings. The highest BCUT2D eigenvalue weighted by Gasteiger charge is 2.28. The number of aliphatic hydroxyl groups is 1. The first-order valence-corrected chi connectivity index (χ1v) is 10.4. The fraction of sp³-hybridized carbons (Fsp3) is 0.636. The molecule has 1 saturated heterocycles. The summed E-state index contributed by atoms with van der Waals surface area (Å²) in [5.41, 5.74) is 5.93. The maximum atomic E-state index is 9.60. The maximum Gasteiger partial charge on any atom is 0.0641 e. The van der Waals surface area contributed by atoms with Gasteiger partial charge in [0.15, 0.2) is 0 Å². The molecule has 2 aromatic heterocycles. The van der Waals surface area contributed by atoms with Crippen LogP contribution in [-0.2, 0) is 13.1 Å². The highest BCUT2D eigenvalue weighted by molar-refractivity contribution is 5.25. The smallest absolute Gasteiger partial charge is 0.0641 e. The van der Waals surface area contributed by atoms with Gasteiger partial charge in [-0.3, -0.25) is 19.5 Å². The minimum Gasteiger partial charge on any atom is -0.396 e. The maximum absolute atomic E-state index is 9.60. The molecule has 3 heterocycles. The second-order valence-electron chi connectivity index (χ2n) is 8.33. The molecule has 1 N–H and O–H groups in total. The number of hydrogen-bond acceptors (Lipinski definition) is 5. The van der Waals surface area contributed by atoms with Gasteiger partial charge in [-0.05, 0) is 53.2 Å². The van der Waals surface area contributed by atoms with Crippen LogP contribution in [0.4, 0.5) is 0 Å². The van der Waals surface area contributed by atoms with E-state index in [4.69, 9.17) is 5.10 Å². The van der Waals surface area contributed by atoms with Gasteiger partial charge in [0.1, 0.15) is 0 Å². The molecule has 1 aliphatic heterocycles. The van der Waals surface area contributed by atoms with Crippen LogP contribution in [0, 0.1) is 20.8 Å². The molecule has 0 saturated carbocycles. The van der Waals surface area contributed by atoms with Crippen LogP contribution in [0.2, 0.25) is 0 Å². The largest absolute Gasteiger partial charge is 0.396 e. The molecule has 6 heteroatoms. The average molecular weight is 386 g/mol. The summed E-state index contributed by atoms with van der Waals surface area (Å²) in [7, 11) is 0. The van der Waals surface area contributed by atoms with Crippen LogP contribution in [0.3, 0.4) is 0 Å². The van der Waals surface area contributed by atoms with E-state index >= 15 is 0 Å². The van der Waals surface area contributed by atoms with Gasteiger partial charge in [-0.1, -0.05) is 6.07 Å². The molecule has 0 radical (unpaired) electrons. The van der Waals surface area contributed by atoms with Gasteiger partial charge >= 0.3 is 0 Å². The lowest BCUT2D eigenvalue weighted by atomic mass is 10.1. The summed E-state index contributed by atoms with van der Waals surface area (Å²) in [6.45, 7) is 15.7. The van der Waals surface area contributed by atoms with Crippen LogP contribution in [0.25, 0.3) is 0 Å². The van der Waals surface area contributed by atoms with E-state index in [9.17, 15) is 5.11 Å². The molecular formula is C22H35N5O. The predicted octanol–water partition coefficient (Wildman–Crippen LogP) is 2.85. The fourth-order valence-corrected chi connectivity index (χ4v) is 4.28. The monoisotopic (exact) mass is 385 g/mol. The van der Waals surface area contributed by atoms with Crippen LogP contribution in [0.15, 0.2) is 18.2 Å². The van der Waals surface area contributed by atoms with Gasteiger partial charge in [0.05, 0.1) is 11.4 Å². The predicted molar refractivity (Wildman–Crippen MR) is 112 cm³/mol. The zero-order chi connectivity index (χ0) is 20.3. The molecular weight excluding hydrogens is 350 g/mol. The van der Waals surface area contributed by atoms with Gasteiger partial charge in [-0.2, -0.15) is 5.10 Å². The van der Waals surface area contributed by atoms with E-state index in [1.165, 1.54) is 11.3 Å². The van der Waals surface area contributed by atoms with Gasteiger partial charge in [-0.15, -0.1) is 0 Å².